The number of carbonyl (C=O) groups is 1. The summed E-state index contributed by atoms with van der Waals surface area (Å²) >= 11 is 0. The van der Waals surface area contributed by atoms with Gasteiger partial charge in [0.25, 0.3) is 5.91 Å². The number of nitrogens with zero attached hydrogens (tertiary/aromatic N) is 1. The van der Waals surface area contributed by atoms with Gasteiger partial charge in [-0.3, -0.25) is 4.79 Å². The maximum atomic E-state index is 12.9. The third-order valence-electron chi connectivity index (χ3n) is 6.03. The molecule has 2 aliphatic heterocycles. The van der Waals surface area contributed by atoms with Crippen LogP contribution in [0, 0.1) is 5.41 Å². The van der Waals surface area contributed by atoms with Crippen LogP contribution in [0.4, 0.5) is 0 Å². The molecule has 1 N–H and O–H groups in total. The van der Waals surface area contributed by atoms with Crippen LogP contribution in [0.3, 0.4) is 0 Å². The smallest absolute Gasteiger partial charge is 0.253 e. The maximum Gasteiger partial charge on any atom is 0.253 e. The zero-order valence-corrected chi connectivity index (χ0v) is 15.8. The van der Waals surface area contributed by atoms with E-state index in [1.54, 1.807) is 12.1 Å². The molecule has 1 aliphatic carbocycles. The molecule has 6 nitrogen and oxygen atoms in total. The van der Waals surface area contributed by atoms with Crippen LogP contribution in [0.15, 0.2) is 29.2 Å². The van der Waals surface area contributed by atoms with E-state index >= 15 is 0 Å². The van der Waals surface area contributed by atoms with E-state index in [0.29, 0.717) is 30.6 Å². The molecular weight excluding hydrogens is 352 g/mol. The summed E-state index contributed by atoms with van der Waals surface area (Å²) in [6.07, 6.45) is 6.67. The Morgan fingerprint density at radius 2 is 2.04 bits per heavy atom. The second-order valence-corrected chi connectivity index (χ2v) is 9.61. The van der Waals surface area contributed by atoms with Gasteiger partial charge < -0.3 is 9.64 Å². The summed E-state index contributed by atoms with van der Waals surface area (Å²) in [5.74, 6) is -0.0602. The van der Waals surface area contributed by atoms with E-state index in [9.17, 15) is 13.2 Å². The fourth-order valence-corrected chi connectivity index (χ4v) is 5.84. The Hall–Kier alpha value is -1.44. The van der Waals surface area contributed by atoms with Crippen LogP contribution < -0.4 is 4.72 Å². The molecule has 26 heavy (non-hydrogen) atoms. The molecule has 142 valence electrons. The highest BCUT2D eigenvalue weighted by Gasteiger charge is 2.41. The van der Waals surface area contributed by atoms with Crippen molar-refractivity contribution in [1.82, 2.24) is 9.62 Å². The summed E-state index contributed by atoms with van der Waals surface area (Å²) in [6, 6.07) is 6.20. The lowest BCUT2D eigenvalue weighted by molar-refractivity contribution is 0.0773. The summed E-state index contributed by atoms with van der Waals surface area (Å²) in [5, 5.41) is 0. The fraction of sp³-hybridized carbons (Fsp3) is 0.632. The van der Waals surface area contributed by atoms with Gasteiger partial charge in [0.1, 0.15) is 0 Å². The lowest BCUT2D eigenvalue weighted by Gasteiger charge is -2.23. The molecule has 2 heterocycles. The van der Waals surface area contributed by atoms with Gasteiger partial charge in [-0.2, -0.15) is 0 Å². The average molecular weight is 378 g/mol. The van der Waals surface area contributed by atoms with Gasteiger partial charge >= 0.3 is 0 Å². The molecule has 1 aromatic carbocycles. The van der Waals surface area contributed by atoms with Crippen LogP contribution in [0.2, 0.25) is 0 Å². The first-order valence-electron chi connectivity index (χ1n) is 9.47. The SMILES string of the molecule is O=C(c1cccc(S(=O)(=O)N[C@@H]2CCOC2)c1)N1CCC2(CCCC2)C1. The van der Waals surface area contributed by atoms with Crippen molar-refractivity contribution in [2.45, 2.75) is 49.5 Å². The molecule has 1 amide bonds. The predicted molar refractivity (Wildman–Crippen MR) is 97.4 cm³/mol. The minimum atomic E-state index is -3.65. The standard InChI is InChI=1S/C19H26N2O4S/c22-18(21-10-9-19(14-21)7-1-2-8-19)15-4-3-5-17(12-15)26(23,24)20-16-6-11-25-13-16/h3-5,12,16,20H,1-2,6-11,13-14H2/t16-/m1/s1. The normalized spacial score (nSPS) is 25.2. The summed E-state index contributed by atoms with van der Waals surface area (Å²) in [5.41, 5.74) is 0.759. The Bertz CT molecular complexity index is 780. The Morgan fingerprint density at radius 1 is 1.23 bits per heavy atom. The van der Waals surface area contributed by atoms with E-state index in [2.05, 4.69) is 4.72 Å². The van der Waals surface area contributed by atoms with Crippen LogP contribution in [-0.4, -0.2) is 51.6 Å². The molecule has 0 radical (unpaired) electrons. The topological polar surface area (TPSA) is 75.7 Å². The van der Waals surface area contributed by atoms with Crippen molar-refractivity contribution in [2.75, 3.05) is 26.3 Å². The highest BCUT2D eigenvalue weighted by atomic mass is 32.2. The fourth-order valence-electron chi connectivity index (χ4n) is 4.54. The Balaban J connectivity index is 1.49. The third-order valence-corrected chi connectivity index (χ3v) is 7.55. The second kappa shape index (κ2) is 6.94. The number of nitrogens with one attached hydrogen (secondary N) is 1. The van der Waals surface area contributed by atoms with Crippen molar-refractivity contribution >= 4 is 15.9 Å². The van der Waals surface area contributed by atoms with Crippen molar-refractivity contribution in [3.05, 3.63) is 29.8 Å². The number of likely N-dealkylation sites (tertiary alicyclic amines) is 1. The quantitative estimate of drug-likeness (QED) is 0.871. The number of carbonyl (C=O) groups excluding carboxylic acids is 1. The van der Waals surface area contributed by atoms with E-state index < -0.39 is 10.0 Å². The van der Waals surface area contributed by atoms with Gasteiger partial charge in [0.05, 0.1) is 11.5 Å². The summed E-state index contributed by atoms with van der Waals surface area (Å²) in [7, 11) is -3.65. The number of ether oxygens (including phenoxy) is 1. The van der Waals surface area contributed by atoms with E-state index in [0.717, 1.165) is 19.5 Å². The van der Waals surface area contributed by atoms with Crippen molar-refractivity contribution in [2.24, 2.45) is 5.41 Å². The molecule has 0 bridgehead atoms. The van der Waals surface area contributed by atoms with E-state index in [1.165, 1.54) is 37.8 Å². The first kappa shape index (κ1) is 17.9. The zero-order chi connectivity index (χ0) is 18.2. The number of sulfonamides is 1. The lowest BCUT2D eigenvalue weighted by Crippen LogP contribution is -2.35. The summed E-state index contributed by atoms with van der Waals surface area (Å²) in [6.45, 7) is 2.55. The van der Waals surface area contributed by atoms with Gasteiger partial charge in [0, 0.05) is 31.3 Å². The molecule has 3 fully saturated rings. The van der Waals surface area contributed by atoms with Gasteiger partial charge in [0.15, 0.2) is 0 Å². The molecular formula is C19H26N2O4S. The van der Waals surface area contributed by atoms with Crippen LogP contribution >= 0.6 is 0 Å². The first-order valence-corrected chi connectivity index (χ1v) is 11.0. The number of hydrogen-bond acceptors (Lipinski definition) is 4. The van der Waals surface area contributed by atoms with Gasteiger partial charge in [-0.1, -0.05) is 18.9 Å². The molecule has 7 heteroatoms. The summed E-state index contributed by atoms with van der Waals surface area (Å²) in [4.78, 5) is 14.9. The van der Waals surface area contributed by atoms with Crippen molar-refractivity contribution in [3.63, 3.8) is 0 Å². The molecule has 3 aliphatic rings. The second-order valence-electron chi connectivity index (χ2n) is 7.89. The number of amides is 1. The van der Waals surface area contributed by atoms with Gasteiger partial charge in [-0.25, -0.2) is 13.1 Å². The molecule has 0 unspecified atom stereocenters. The molecule has 1 saturated carbocycles. The molecule has 4 rings (SSSR count). The van der Waals surface area contributed by atoms with Crippen molar-refractivity contribution in [1.29, 1.82) is 0 Å². The largest absolute Gasteiger partial charge is 0.380 e. The Morgan fingerprint density at radius 3 is 2.77 bits per heavy atom. The lowest BCUT2D eigenvalue weighted by atomic mass is 9.86. The highest BCUT2D eigenvalue weighted by Crippen LogP contribution is 2.45. The number of benzene rings is 1. The van der Waals surface area contributed by atoms with Gasteiger partial charge in [-0.05, 0) is 49.3 Å². The molecule has 1 aromatic rings. The van der Waals surface area contributed by atoms with Crippen LogP contribution in [0.25, 0.3) is 0 Å². The molecule has 2 saturated heterocycles. The number of rotatable bonds is 4. The monoisotopic (exact) mass is 378 g/mol. The van der Waals surface area contributed by atoms with Crippen molar-refractivity contribution in [3.8, 4) is 0 Å². The van der Waals surface area contributed by atoms with Crippen LogP contribution in [0.1, 0.15) is 48.9 Å². The van der Waals surface area contributed by atoms with E-state index in [4.69, 9.17) is 4.74 Å². The van der Waals surface area contributed by atoms with Crippen LogP contribution in [0.5, 0.6) is 0 Å². The number of hydrogen-bond donors (Lipinski definition) is 1. The summed E-state index contributed by atoms with van der Waals surface area (Å²) < 4.78 is 33.1. The van der Waals surface area contributed by atoms with Gasteiger partial charge in [-0.15, -0.1) is 0 Å². The van der Waals surface area contributed by atoms with Gasteiger partial charge in [0.2, 0.25) is 10.0 Å². The molecule has 1 atom stereocenters. The van der Waals surface area contributed by atoms with Crippen LogP contribution in [-0.2, 0) is 14.8 Å². The third kappa shape index (κ3) is 3.52. The van der Waals surface area contributed by atoms with Crippen molar-refractivity contribution < 1.29 is 17.9 Å². The molecule has 1 spiro atoms. The Kier molecular flexibility index (Phi) is 4.79. The van der Waals surface area contributed by atoms with E-state index in [1.807, 2.05) is 4.90 Å². The van der Waals surface area contributed by atoms with E-state index in [-0.39, 0.29) is 16.8 Å². The average Bonchev–Trinajstić information content (AvgIpc) is 3.38. The minimum Gasteiger partial charge on any atom is -0.380 e. The first-order chi connectivity index (χ1) is 12.5. The maximum absolute atomic E-state index is 12.9. The highest BCUT2D eigenvalue weighted by molar-refractivity contribution is 7.89. The zero-order valence-electron chi connectivity index (χ0n) is 14.9. The Labute approximate surface area is 155 Å². The minimum absolute atomic E-state index is 0.0602. The molecule has 0 aromatic heterocycles. The predicted octanol–water partition coefficient (Wildman–Crippen LogP) is 2.16.